The molecule has 5 rings (SSSR count). The molecular weight excluding hydrogens is 366 g/mol. The Morgan fingerprint density at radius 3 is 2.97 bits per heavy atom. The van der Waals surface area contributed by atoms with E-state index in [-0.39, 0.29) is 5.41 Å². The third-order valence-electron chi connectivity index (χ3n) is 6.91. The molecule has 1 atom stereocenters. The van der Waals surface area contributed by atoms with Gasteiger partial charge in [-0.05, 0) is 61.9 Å². The van der Waals surface area contributed by atoms with E-state index in [2.05, 4.69) is 39.6 Å². The molecule has 7 heteroatoms. The molecule has 152 valence electrons. The Balaban J connectivity index is 1.64. The Morgan fingerprint density at radius 1 is 1.34 bits per heavy atom. The molecule has 1 saturated heterocycles. The summed E-state index contributed by atoms with van der Waals surface area (Å²) in [5.41, 5.74) is 6.05. The number of amides is 1. The van der Waals surface area contributed by atoms with Crippen LogP contribution in [0.3, 0.4) is 0 Å². The molecule has 1 fully saturated rings. The highest BCUT2D eigenvalue weighted by Gasteiger charge is 2.46. The molecule has 3 aliphatic rings. The van der Waals surface area contributed by atoms with Gasteiger partial charge in [0.25, 0.3) is 0 Å². The number of benzene rings is 1. The highest BCUT2D eigenvalue weighted by atomic mass is 16.4. The van der Waals surface area contributed by atoms with Crippen molar-refractivity contribution in [2.45, 2.75) is 50.5 Å². The van der Waals surface area contributed by atoms with Gasteiger partial charge in [-0.3, -0.25) is 0 Å². The van der Waals surface area contributed by atoms with Crippen LogP contribution in [-0.2, 0) is 18.4 Å². The van der Waals surface area contributed by atoms with Crippen LogP contribution in [0.2, 0.25) is 0 Å². The minimum absolute atomic E-state index is 0.0248. The number of anilines is 2. The molecule has 7 nitrogen and oxygen atoms in total. The zero-order valence-corrected chi connectivity index (χ0v) is 16.7. The van der Waals surface area contributed by atoms with Crippen LogP contribution in [0.5, 0.6) is 0 Å². The molecule has 3 N–H and O–H groups in total. The number of hydrogen-bond donors (Lipinski definition) is 3. The van der Waals surface area contributed by atoms with Crippen LogP contribution >= 0.6 is 0 Å². The van der Waals surface area contributed by atoms with Crippen molar-refractivity contribution < 1.29 is 9.90 Å². The van der Waals surface area contributed by atoms with Crippen LogP contribution in [-0.4, -0.2) is 40.8 Å². The van der Waals surface area contributed by atoms with Gasteiger partial charge in [0, 0.05) is 35.4 Å². The molecule has 2 aliphatic heterocycles. The molecule has 1 aromatic carbocycles. The fraction of sp³-hybridized carbons (Fsp3) is 0.500. The number of nitrogens with zero attached hydrogens (tertiary/aromatic N) is 3. The molecule has 1 aliphatic carbocycles. The maximum Gasteiger partial charge on any atom is 0.404 e. The lowest BCUT2D eigenvalue weighted by Gasteiger charge is -2.36. The largest absolute Gasteiger partial charge is 0.465 e. The van der Waals surface area contributed by atoms with Gasteiger partial charge >= 0.3 is 6.09 Å². The van der Waals surface area contributed by atoms with Crippen molar-refractivity contribution in [1.82, 2.24) is 20.6 Å². The van der Waals surface area contributed by atoms with E-state index in [1.54, 1.807) is 6.33 Å². The maximum atomic E-state index is 11.1. The number of carbonyl (C=O) groups is 1. The lowest BCUT2D eigenvalue weighted by Crippen LogP contribution is -2.43. The standard InChI is InChI=1S/C22H27N5O2/c1-14-5-6-16-18(14)20(26-13-25-16)27-12-22(7-9-23-10-8-22)19-15(11-24-21(28)29)3-2-4-17(19)27/h2-4,13-14,23-24H,5-12H2,1H3,(H,28,29). The third-order valence-corrected chi connectivity index (χ3v) is 6.91. The number of piperidine rings is 1. The quantitative estimate of drug-likeness (QED) is 0.743. The summed E-state index contributed by atoms with van der Waals surface area (Å²) in [6.07, 6.45) is 4.95. The van der Waals surface area contributed by atoms with Crippen molar-refractivity contribution in [1.29, 1.82) is 0 Å². The number of carboxylic acid groups (broad SMARTS) is 1. The molecule has 1 unspecified atom stereocenters. The van der Waals surface area contributed by atoms with Crippen LogP contribution in [0.15, 0.2) is 24.5 Å². The van der Waals surface area contributed by atoms with Crippen LogP contribution in [0.25, 0.3) is 0 Å². The number of aryl methyl sites for hydroxylation is 1. The van der Waals surface area contributed by atoms with E-state index in [4.69, 9.17) is 10.1 Å². The van der Waals surface area contributed by atoms with Gasteiger partial charge in [-0.25, -0.2) is 14.8 Å². The van der Waals surface area contributed by atoms with Gasteiger partial charge in [-0.1, -0.05) is 19.1 Å². The molecule has 1 spiro atoms. The topological polar surface area (TPSA) is 90.4 Å². The minimum Gasteiger partial charge on any atom is -0.465 e. The molecule has 3 heterocycles. The summed E-state index contributed by atoms with van der Waals surface area (Å²) in [7, 11) is 0. The van der Waals surface area contributed by atoms with Gasteiger partial charge < -0.3 is 20.6 Å². The summed E-state index contributed by atoms with van der Waals surface area (Å²) in [5, 5.41) is 15.2. The number of fused-ring (bicyclic) bond motifs is 3. The third kappa shape index (κ3) is 2.95. The summed E-state index contributed by atoms with van der Waals surface area (Å²) in [4.78, 5) is 22.8. The summed E-state index contributed by atoms with van der Waals surface area (Å²) in [5.74, 6) is 1.51. The van der Waals surface area contributed by atoms with Gasteiger partial charge in [-0.15, -0.1) is 0 Å². The lowest BCUT2D eigenvalue weighted by atomic mass is 9.73. The average Bonchev–Trinajstić information content (AvgIpc) is 3.26. The van der Waals surface area contributed by atoms with Crippen molar-refractivity contribution in [2.24, 2.45) is 0 Å². The van der Waals surface area contributed by atoms with E-state index in [9.17, 15) is 4.79 Å². The fourth-order valence-corrected chi connectivity index (χ4v) is 5.55. The first kappa shape index (κ1) is 18.4. The SMILES string of the molecule is CC1CCc2ncnc(N3CC4(CCNCC4)c4c(CNC(=O)O)cccc43)c21. The van der Waals surface area contributed by atoms with E-state index < -0.39 is 6.09 Å². The summed E-state index contributed by atoms with van der Waals surface area (Å²) < 4.78 is 0. The molecule has 29 heavy (non-hydrogen) atoms. The van der Waals surface area contributed by atoms with Crippen LogP contribution < -0.4 is 15.5 Å². The van der Waals surface area contributed by atoms with Gasteiger partial charge in [0.15, 0.2) is 0 Å². The lowest BCUT2D eigenvalue weighted by molar-refractivity contribution is 0.194. The first-order valence-electron chi connectivity index (χ1n) is 10.5. The highest BCUT2D eigenvalue weighted by molar-refractivity contribution is 5.75. The predicted molar refractivity (Wildman–Crippen MR) is 111 cm³/mol. The van der Waals surface area contributed by atoms with Gasteiger partial charge in [0.2, 0.25) is 0 Å². The van der Waals surface area contributed by atoms with Gasteiger partial charge in [0.05, 0.1) is 0 Å². The molecule has 0 saturated carbocycles. The fourth-order valence-electron chi connectivity index (χ4n) is 5.55. The van der Waals surface area contributed by atoms with Gasteiger partial charge in [-0.2, -0.15) is 0 Å². The second kappa shape index (κ2) is 6.99. The molecule has 0 bridgehead atoms. The molecule has 1 amide bonds. The van der Waals surface area contributed by atoms with Crippen LogP contribution in [0.4, 0.5) is 16.3 Å². The number of aromatic nitrogens is 2. The van der Waals surface area contributed by atoms with E-state index in [0.717, 1.165) is 56.7 Å². The number of rotatable bonds is 3. The normalized spacial score (nSPS) is 21.8. The van der Waals surface area contributed by atoms with Crippen molar-refractivity contribution in [2.75, 3.05) is 24.5 Å². The summed E-state index contributed by atoms with van der Waals surface area (Å²) in [6, 6.07) is 6.27. The Kier molecular flexibility index (Phi) is 4.42. The molecular formula is C22H27N5O2. The Morgan fingerprint density at radius 2 is 2.17 bits per heavy atom. The Hall–Kier alpha value is -2.67. The number of nitrogens with one attached hydrogen (secondary N) is 2. The molecule has 1 aromatic heterocycles. The Bertz CT molecular complexity index is 954. The van der Waals surface area contributed by atoms with Crippen LogP contribution in [0.1, 0.15) is 54.5 Å². The first-order valence-corrected chi connectivity index (χ1v) is 10.5. The predicted octanol–water partition coefficient (Wildman–Crippen LogP) is 3.07. The molecule has 2 aromatic rings. The number of hydrogen-bond acceptors (Lipinski definition) is 5. The van der Waals surface area contributed by atoms with E-state index in [0.29, 0.717) is 12.5 Å². The molecule has 0 radical (unpaired) electrons. The first-order chi connectivity index (χ1) is 14.1. The summed E-state index contributed by atoms with van der Waals surface area (Å²) in [6.45, 7) is 5.45. The Labute approximate surface area is 170 Å². The minimum atomic E-state index is -0.987. The van der Waals surface area contributed by atoms with Crippen molar-refractivity contribution in [3.05, 3.63) is 46.9 Å². The highest BCUT2D eigenvalue weighted by Crippen LogP contribution is 2.51. The van der Waals surface area contributed by atoms with E-state index in [1.807, 2.05) is 6.07 Å². The smallest absolute Gasteiger partial charge is 0.404 e. The van der Waals surface area contributed by atoms with E-state index in [1.165, 1.54) is 22.5 Å². The zero-order chi connectivity index (χ0) is 20.0. The zero-order valence-electron chi connectivity index (χ0n) is 16.7. The van der Waals surface area contributed by atoms with E-state index >= 15 is 0 Å². The summed E-state index contributed by atoms with van der Waals surface area (Å²) >= 11 is 0. The average molecular weight is 393 g/mol. The van der Waals surface area contributed by atoms with Crippen molar-refractivity contribution in [3.63, 3.8) is 0 Å². The van der Waals surface area contributed by atoms with Crippen LogP contribution in [0, 0.1) is 0 Å². The van der Waals surface area contributed by atoms with Crippen molar-refractivity contribution >= 4 is 17.6 Å². The van der Waals surface area contributed by atoms with Crippen molar-refractivity contribution in [3.8, 4) is 0 Å². The van der Waals surface area contributed by atoms with Gasteiger partial charge in [0.1, 0.15) is 12.1 Å². The second-order valence-corrected chi connectivity index (χ2v) is 8.58. The monoisotopic (exact) mass is 393 g/mol. The second-order valence-electron chi connectivity index (χ2n) is 8.58. The maximum absolute atomic E-state index is 11.1.